The highest BCUT2D eigenvalue weighted by Crippen LogP contribution is 2.27. The third-order valence-corrected chi connectivity index (χ3v) is 3.25. The van der Waals surface area contributed by atoms with Crippen molar-refractivity contribution in [1.29, 1.82) is 0 Å². The van der Waals surface area contributed by atoms with Crippen molar-refractivity contribution in [2.45, 2.75) is 12.3 Å². The lowest BCUT2D eigenvalue weighted by atomic mass is 10.1. The fourth-order valence-electron chi connectivity index (χ4n) is 1.67. The maximum atomic E-state index is 6.08. The van der Waals surface area contributed by atoms with Gasteiger partial charge in [-0.3, -0.25) is 0 Å². The summed E-state index contributed by atoms with van der Waals surface area (Å²) in [6.07, 6.45) is 1.07. The van der Waals surface area contributed by atoms with Crippen LogP contribution in [0.5, 0.6) is 5.75 Å². The highest BCUT2D eigenvalue weighted by atomic mass is 35.5. The number of hydrogen-bond donors (Lipinski definition) is 0. The van der Waals surface area contributed by atoms with E-state index in [0.717, 1.165) is 30.9 Å². The molecule has 1 aromatic rings. The first-order valence-electron chi connectivity index (χ1n) is 5.34. The number of alkyl halides is 1. The SMILES string of the molecule is ClCc1ccc(OCC2CCOC2)c(Cl)c1. The molecule has 1 aliphatic heterocycles. The quantitative estimate of drug-likeness (QED) is 0.772. The van der Waals surface area contributed by atoms with Crippen molar-refractivity contribution in [3.63, 3.8) is 0 Å². The van der Waals surface area contributed by atoms with E-state index in [0.29, 0.717) is 23.4 Å². The van der Waals surface area contributed by atoms with Crippen molar-refractivity contribution in [3.8, 4) is 5.75 Å². The fourth-order valence-corrected chi connectivity index (χ4v) is 2.09. The Labute approximate surface area is 105 Å². The zero-order chi connectivity index (χ0) is 11.4. The average molecular weight is 261 g/mol. The largest absolute Gasteiger partial charge is 0.492 e. The Morgan fingerprint density at radius 1 is 1.44 bits per heavy atom. The standard InChI is InChI=1S/C12H14Cl2O2/c13-6-9-1-2-12(11(14)5-9)16-8-10-3-4-15-7-10/h1-2,5,10H,3-4,6-8H2. The Morgan fingerprint density at radius 3 is 2.94 bits per heavy atom. The molecule has 1 atom stereocenters. The van der Waals surface area contributed by atoms with Gasteiger partial charge in [-0.25, -0.2) is 0 Å². The van der Waals surface area contributed by atoms with Crippen LogP contribution in [0, 0.1) is 5.92 Å². The van der Waals surface area contributed by atoms with Crippen molar-refractivity contribution < 1.29 is 9.47 Å². The first kappa shape index (κ1) is 12.0. The summed E-state index contributed by atoms with van der Waals surface area (Å²) in [5.74, 6) is 1.68. The molecule has 4 heteroatoms. The Balaban J connectivity index is 1.93. The molecule has 1 heterocycles. The average Bonchev–Trinajstić information content (AvgIpc) is 2.80. The van der Waals surface area contributed by atoms with Crippen molar-refractivity contribution in [1.82, 2.24) is 0 Å². The Hall–Kier alpha value is -0.440. The summed E-state index contributed by atoms with van der Waals surface area (Å²) in [5.41, 5.74) is 1.00. The molecule has 0 radical (unpaired) electrons. The van der Waals surface area contributed by atoms with Gasteiger partial charge in [0.05, 0.1) is 18.2 Å². The van der Waals surface area contributed by atoms with E-state index in [1.165, 1.54) is 0 Å². The van der Waals surface area contributed by atoms with Crippen LogP contribution in [0.3, 0.4) is 0 Å². The normalized spacial score (nSPS) is 20.0. The number of benzene rings is 1. The molecule has 1 aliphatic rings. The molecule has 2 rings (SSSR count). The van der Waals surface area contributed by atoms with Gasteiger partial charge >= 0.3 is 0 Å². The molecule has 0 aromatic heterocycles. The second-order valence-corrected chi connectivity index (χ2v) is 4.61. The molecule has 1 fully saturated rings. The Bertz CT molecular complexity index is 349. The van der Waals surface area contributed by atoms with Crippen LogP contribution in [0.25, 0.3) is 0 Å². The van der Waals surface area contributed by atoms with Crippen LogP contribution in [-0.4, -0.2) is 19.8 Å². The van der Waals surface area contributed by atoms with E-state index in [1.807, 2.05) is 18.2 Å². The summed E-state index contributed by atoms with van der Waals surface area (Å²) in [4.78, 5) is 0. The van der Waals surface area contributed by atoms with Crippen LogP contribution in [0.4, 0.5) is 0 Å². The van der Waals surface area contributed by atoms with Crippen molar-refractivity contribution in [3.05, 3.63) is 28.8 Å². The van der Waals surface area contributed by atoms with Crippen molar-refractivity contribution >= 4 is 23.2 Å². The van der Waals surface area contributed by atoms with Crippen molar-refractivity contribution in [2.75, 3.05) is 19.8 Å². The molecular formula is C12H14Cl2O2. The highest BCUT2D eigenvalue weighted by Gasteiger charge is 2.16. The van der Waals surface area contributed by atoms with Gasteiger partial charge in [-0.05, 0) is 24.1 Å². The molecule has 0 spiro atoms. The van der Waals surface area contributed by atoms with E-state index >= 15 is 0 Å². The fraction of sp³-hybridized carbons (Fsp3) is 0.500. The molecule has 0 saturated carbocycles. The number of hydrogen-bond acceptors (Lipinski definition) is 2. The Morgan fingerprint density at radius 2 is 2.31 bits per heavy atom. The van der Waals surface area contributed by atoms with Gasteiger partial charge in [0.25, 0.3) is 0 Å². The summed E-state index contributed by atoms with van der Waals surface area (Å²) < 4.78 is 10.9. The molecule has 1 saturated heterocycles. The van der Waals surface area contributed by atoms with Crippen LogP contribution in [-0.2, 0) is 10.6 Å². The summed E-state index contributed by atoms with van der Waals surface area (Å²) in [7, 11) is 0. The van der Waals surface area contributed by atoms with Gasteiger partial charge < -0.3 is 9.47 Å². The molecule has 1 aromatic carbocycles. The molecule has 88 valence electrons. The molecule has 0 N–H and O–H groups in total. The van der Waals surface area contributed by atoms with Crippen LogP contribution in [0.15, 0.2) is 18.2 Å². The molecule has 0 aliphatic carbocycles. The smallest absolute Gasteiger partial charge is 0.137 e. The lowest BCUT2D eigenvalue weighted by Gasteiger charge is -2.12. The van der Waals surface area contributed by atoms with Crippen molar-refractivity contribution in [2.24, 2.45) is 5.92 Å². The van der Waals surface area contributed by atoms with E-state index in [4.69, 9.17) is 32.7 Å². The van der Waals surface area contributed by atoms with Crippen LogP contribution < -0.4 is 4.74 Å². The first-order valence-corrected chi connectivity index (χ1v) is 6.26. The summed E-state index contributed by atoms with van der Waals surface area (Å²) in [5, 5.41) is 0.622. The van der Waals surface area contributed by atoms with Gasteiger partial charge in [0, 0.05) is 18.4 Å². The zero-order valence-electron chi connectivity index (χ0n) is 8.92. The second-order valence-electron chi connectivity index (χ2n) is 3.94. The molecule has 0 amide bonds. The maximum Gasteiger partial charge on any atom is 0.137 e. The minimum Gasteiger partial charge on any atom is -0.492 e. The second kappa shape index (κ2) is 5.76. The van der Waals surface area contributed by atoms with Crippen LogP contribution in [0.2, 0.25) is 5.02 Å². The molecule has 2 nitrogen and oxygen atoms in total. The number of rotatable bonds is 4. The predicted molar refractivity (Wildman–Crippen MR) is 65.4 cm³/mol. The minimum atomic E-state index is 0.469. The zero-order valence-corrected chi connectivity index (χ0v) is 10.4. The summed E-state index contributed by atoms with van der Waals surface area (Å²) in [6, 6.07) is 5.64. The topological polar surface area (TPSA) is 18.5 Å². The van der Waals surface area contributed by atoms with Crippen LogP contribution >= 0.6 is 23.2 Å². The third-order valence-electron chi connectivity index (χ3n) is 2.65. The summed E-state index contributed by atoms with van der Waals surface area (Å²) >= 11 is 11.8. The van der Waals surface area contributed by atoms with Crippen LogP contribution in [0.1, 0.15) is 12.0 Å². The van der Waals surface area contributed by atoms with Gasteiger partial charge in [0.2, 0.25) is 0 Å². The van der Waals surface area contributed by atoms with E-state index in [2.05, 4.69) is 0 Å². The Kier molecular flexibility index (Phi) is 4.33. The van der Waals surface area contributed by atoms with E-state index < -0.39 is 0 Å². The minimum absolute atomic E-state index is 0.469. The third kappa shape index (κ3) is 3.03. The lowest BCUT2D eigenvalue weighted by molar-refractivity contribution is 0.167. The first-order chi connectivity index (χ1) is 7.79. The number of halogens is 2. The van der Waals surface area contributed by atoms with E-state index in [1.54, 1.807) is 0 Å². The van der Waals surface area contributed by atoms with Gasteiger partial charge in [-0.1, -0.05) is 17.7 Å². The molecule has 0 bridgehead atoms. The van der Waals surface area contributed by atoms with Gasteiger partial charge in [0.1, 0.15) is 5.75 Å². The van der Waals surface area contributed by atoms with Gasteiger partial charge in [0.15, 0.2) is 0 Å². The van der Waals surface area contributed by atoms with E-state index in [-0.39, 0.29) is 0 Å². The monoisotopic (exact) mass is 260 g/mol. The van der Waals surface area contributed by atoms with Gasteiger partial charge in [-0.15, -0.1) is 11.6 Å². The molecule has 16 heavy (non-hydrogen) atoms. The lowest BCUT2D eigenvalue weighted by Crippen LogP contribution is -2.11. The van der Waals surface area contributed by atoms with E-state index in [9.17, 15) is 0 Å². The number of ether oxygens (including phenoxy) is 2. The van der Waals surface area contributed by atoms with Gasteiger partial charge in [-0.2, -0.15) is 0 Å². The maximum absolute atomic E-state index is 6.08. The summed E-state index contributed by atoms with van der Waals surface area (Å²) in [6.45, 7) is 2.30. The highest BCUT2D eigenvalue weighted by molar-refractivity contribution is 6.32. The molecule has 1 unspecified atom stereocenters. The molecular weight excluding hydrogens is 247 g/mol. The predicted octanol–water partition coefficient (Wildman–Crippen LogP) is 3.49.